The summed E-state index contributed by atoms with van der Waals surface area (Å²) < 4.78 is 5.60. The number of amides is 4. The van der Waals surface area contributed by atoms with Gasteiger partial charge in [-0.15, -0.1) is 0 Å². The highest BCUT2D eigenvalue weighted by atomic mass is 16.5. The highest BCUT2D eigenvalue weighted by molar-refractivity contribution is 6.07. The quantitative estimate of drug-likeness (QED) is 0.507. The fourth-order valence-electron chi connectivity index (χ4n) is 2.89. The fraction of sp³-hybridized carbons (Fsp3) is 0.286. The van der Waals surface area contributed by atoms with Crippen molar-refractivity contribution in [3.05, 3.63) is 59.7 Å². The molecule has 3 N–H and O–H groups in total. The lowest BCUT2D eigenvalue weighted by Gasteiger charge is -2.21. The lowest BCUT2D eigenvalue weighted by Crippen LogP contribution is -2.40. The molecule has 7 nitrogen and oxygen atoms in total. The Kier molecular flexibility index (Phi) is 5.63. The molecule has 146 valence electrons. The van der Waals surface area contributed by atoms with Gasteiger partial charge in [-0.1, -0.05) is 25.5 Å². The molecule has 1 saturated heterocycles. The second kappa shape index (κ2) is 8.12. The summed E-state index contributed by atoms with van der Waals surface area (Å²) >= 11 is 0. The summed E-state index contributed by atoms with van der Waals surface area (Å²) in [7, 11) is 0. The minimum Gasteiger partial charge on any atom is -0.494 e. The van der Waals surface area contributed by atoms with Crippen LogP contribution in [0.4, 0.5) is 10.5 Å². The van der Waals surface area contributed by atoms with Crippen molar-refractivity contribution >= 4 is 23.5 Å². The zero-order valence-corrected chi connectivity index (χ0v) is 15.9. The normalized spacial score (nSPS) is 18.4. The molecule has 0 aliphatic carbocycles. The average molecular weight is 381 g/mol. The summed E-state index contributed by atoms with van der Waals surface area (Å²) in [6.07, 6.45) is 2.04. The third-order valence-corrected chi connectivity index (χ3v) is 4.63. The SMILES string of the molecule is CCCCOc1ccc(C(=O)Nc2cccc(C3(C)NC(=O)NC3=O)c2)cc1. The van der Waals surface area contributed by atoms with E-state index >= 15 is 0 Å². The molecular formula is C21H23N3O4. The van der Waals surface area contributed by atoms with Crippen LogP contribution in [0.2, 0.25) is 0 Å². The van der Waals surface area contributed by atoms with Gasteiger partial charge in [-0.3, -0.25) is 14.9 Å². The smallest absolute Gasteiger partial charge is 0.322 e. The number of carbonyl (C=O) groups excluding carboxylic acids is 3. The maximum atomic E-state index is 12.5. The van der Waals surface area contributed by atoms with E-state index in [2.05, 4.69) is 22.9 Å². The molecule has 1 aliphatic rings. The summed E-state index contributed by atoms with van der Waals surface area (Å²) in [4.78, 5) is 36.1. The van der Waals surface area contributed by atoms with Gasteiger partial charge in [-0.25, -0.2) is 4.79 Å². The molecule has 0 radical (unpaired) electrons. The number of unbranched alkanes of at least 4 members (excludes halogenated alkanes) is 1. The van der Waals surface area contributed by atoms with Crippen LogP contribution >= 0.6 is 0 Å². The van der Waals surface area contributed by atoms with Crippen LogP contribution in [-0.4, -0.2) is 24.5 Å². The Hall–Kier alpha value is -3.35. The Labute approximate surface area is 163 Å². The van der Waals surface area contributed by atoms with E-state index in [1.54, 1.807) is 55.5 Å². The van der Waals surface area contributed by atoms with Crippen molar-refractivity contribution in [1.29, 1.82) is 0 Å². The third kappa shape index (κ3) is 4.14. The molecule has 1 atom stereocenters. The van der Waals surface area contributed by atoms with Gasteiger partial charge in [0.05, 0.1) is 6.61 Å². The van der Waals surface area contributed by atoms with Crippen molar-refractivity contribution in [2.45, 2.75) is 32.2 Å². The van der Waals surface area contributed by atoms with Crippen LogP contribution < -0.4 is 20.7 Å². The van der Waals surface area contributed by atoms with Crippen LogP contribution in [0.25, 0.3) is 0 Å². The van der Waals surface area contributed by atoms with Gasteiger partial charge in [0.25, 0.3) is 11.8 Å². The average Bonchev–Trinajstić information content (AvgIpc) is 2.95. The standard InChI is InChI=1S/C21H23N3O4/c1-3-4-12-28-17-10-8-14(9-11-17)18(25)22-16-7-5-6-15(13-16)21(2)19(26)23-20(27)24-21/h5-11,13H,3-4,12H2,1-2H3,(H,22,25)(H2,23,24,26,27). The first-order valence-electron chi connectivity index (χ1n) is 9.21. The number of ether oxygens (including phenoxy) is 1. The molecule has 0 aromatic heterocycles. The van der Waals surface area contributed by atoms with E-state index in [9.17, 15) is 14.4 Å². The number of nitrogens with one attached hydrogen (secondary N) is 3. The Morgan fingerprint density at radius 3 is 2.54 bits per heavy atom. The van der Waals surface area contributed by atoms with Crippen LogP contribution in [0.15, 0.2) is 48.5 Å². The molecule has 0 bridgehead atoms. The van der Waals surface area contributed by atoms with Crippen molar-refractivity contribution in [3.8, 4) is 5.75 Å². The molecule has 0 saturated carbocycles. The van der Waals surface area contributed by atoms with E-state index in [-0.39, 0.29) is 5.91 Å². The molecule has 4 amide bonds. The van der Waals surface area contributed by atoms with Gasteiger partial charge < -0.3 is 15.4 Å². The van der Waals surface area contributed by atoms with Crippen LogP contribution in [0.3, 0.4) is 0 Å². The second-order valence-electron chi connectivity index (χ2n) is 6.79. The number of imide groups is 1. The summed E-state index contributed by atoms with van der Waals surface area (Å²) in [5.41, 5.74) is 0.426. The lowest BCUT2D eigenvalue weighted by molar-refractivity contribution is -0.123. The predicted octanol–water partition coefficient (Wildman–Crippen LogP) is 3.17. The van der Waals surface area contributed by atoms with E-state index in [1.807, 2.05) is 0 Å². The van der Waals surface area contributed by atoms with Gasteiger partial charge >= 0.3 is 6.03 Å². The summed E-state index contributed by atoms with van der Waals surface area (Å²) in [6, 6.07) is 13.2. The van der Waals surface area contributed by atoms with E-state index in [1.165, 1.54) is 0 Å². The van der Waals surface area contributed by atoms with Gasteiger partial charge in [0.1, 0.15) is 11.3 Å². The summed E-state index contributed by atoms with van der Waals surface area (Å²) in [5.74, 6) is 0.0184. The Morgan fingerprint density at radius 2 is 1.89 bits per heavy atom. The molecule has 1 unspecified atom stereocenters. The Morgan fingerprint density at radius 1 is 1.14 bits per heavy atom. The first-order chi connectivity index (χ1) is 13.4. The topological polar surface area (TPSA) is 96.5 Å². The van der Waals surface area contributed by atoms with E-state index in [0.29, 0.717) is 23.4 Å². The van der Waals surface area contributed by atoms with Crippen molar-refractivity contribution in [2.75, 3.05) is 11.9 Å². The highest BCUT2D eigenvalue weighted by Crippen LogP contribution is 2.26. The zero-order valence-electron chi connectivity index (χ0n) is 15.9. The molecule has 0 spiro atoms. The maximum absolute atomic E-state index is 12.5. The van der Waals surface area contributed by atoms with Gasteiger partial charge in [-0.05, 0) is 55.3 Å². The molecule has 1 aliphatic heterocycles. The van der Waals surface area contributed by atoms with Crippen molar-refractivity contribution in [2.24, 2.45) is 0 Å². The Balaban J connectivity index is 1.69. The lowest BCUT2D eigenvalue weighted by atomic mass is 9.92. The van der Waals surface area contributed by atoms with Gasteiger partial charge in [0, 0.05) is 11.3 Å². The number of carbonyl (C=O) groups is 3. The molecule has 1 heterocycles. The largest absolute Gasteiger partial charge is 0.494 e. The Bertz CT molecular complexity index is 895. The molecule has 7 heteroatoms. The third-order valence-electron chi connectivity index (χ3n) is 4.63. The number of rotatable bonds is 7. The predicted molar refractivity (Wildman–Crippen MR) is 105 cm³/mol. The van der Waals surface area contributed by atoms with Crippen molar-refractivity contribution in [1.82, 2.24) is 10.6 Å². The number of anilines is 1. The van der Waals surface area contributed by atoms with E-state index in [0.717, 1.165) is 18.6 Å². The highest BCUT2D eigenvalue weighted by Gasteiger charge is 2.43. The van der Waals surface area contributed by atoms with Crippen molar-refractivity contribution in [3.63, 3.8) is 0 Å². The first-order valence-corrected chi connectivity index (χ1v) is 9.21. The number of hydrogen-bond donors (Lipinski definition) is 3. The van der Waals surface area contributed by atoms with Crippen LogP contribution in [0.1, 0.15) is 42.6 Å². The summed E-state index contributed by atoms with van der Waals surface area (Å²) in [5, 5.41) is 7.65. The van der Waals surface area contributed by atoms with Crippen LogP contribution in [0, 0.1) is 0 Å². The molecule has 1 fully saturated rings. The minimum absolute atomic E-state index is 0.276. The second-order valence-corrected chi connectivity index (χ2v) is 6.79. The van der Waals surface area contributed by atoms with Gasteiger partial charge in [0.15, 0.2) is 0 Å². The molecule has 3 rings (SSSR count). The molecule has 2 aromatic rings. The number of benzene rings is 2. The first kappa shape index (κ1) is 19.4. The molecular weight excluding hydrogens is 358 g/mol. The van der Waals surface area contributed by atoms with Gasteiger partial charge in [0.2, 0.25) is 0 Å². The fourth-order valence-corrected chi connectivity index (χ4v) is 2.89. The van der Waals surface area contributed by atoms with E-state index in [4.69, 9.17) is 4.74 Å². The molecule has 28 heavy (non-hydrogen) atoms. The number of hydrogen-bond acceptors (Lipinski definition) is 4. The van der Waals surface area contributed by atoms with Crippen LogP contribution in [-0.2, 0) is 10.3 Å². The number of urea groups is 1. The minimum atomic E-state index is -1.17. The monoisotopic (exact) mass is 381 g/mol. The van der Waals surface area contributed by atoms with Gasteiger partial charge in [-0.2, -0.15) is 0 Å². The summed E-state index contributed by atoms with van der Waals surface area (Å²) in [6.45, 7) is 4.36. The van der Waals surface area contributed by atoms with Crippen molar-refractivity contribution < 1.29 is 19.1 Å². The zero-order chi connectivity index (χ0) is 20.1. The maximum Gasteiger partial charge on any atom is 0.322 e. The van der Waals surface area contributed by atoms with Crippen LogP contribution in [0.5, 0.6) is 5.75 Å². The van der Waals surface area contributed by atoms with E-state index < -0.39 is 17.5 Å². The molecule has 2 aromatic carbocycles.